The minimum absolute atomic E-state index is 0.452. The van der Waals surface area contributed by atoms with Gasteiger partial charge >= 0.3 is 0 Å². The molecule has 0 saturated heterocycles. The van der Waals surface area contributed by atoms with Crippen LogP contribution in [0.25, 0.3) is 0 Å². The van der Waals surface area contributed by atoms with Crippen molar-refractivity contribution in [3.8, 4) is 5.75 Å². The Kier molecular flexibility index (Phi) is 7.25. The van der Waals surface area contributed by atoms with E-state index in [1.807, 2.05) is 18.2 Å². The molecule has 0 spiro atoms. The van der Waals surface area contributed by atoms with Gasteiger partial charge < -0.3 is 10.1 Å². The number of ether oxygens (including phenoxy) is 1. The maximum atomic E-state index is 6.05. The van der Waals surface area contributed by atoms with E-state index in [2.05, 4.69) is 33.0 Å². The van der Waals surface area contributed by atoms with Gasteiger partial charge in [-0.2, -0.15) is 0 Å². The lowest BCUT2D eigenvalue weighted by Crippen LogP contribution is -2.22. The normalized spacial score (nSPS) is 11.3. The van der Waals surface area contributed by atoms with Crippen LogP contribution in [0.4, 0.5) is 0 Å². The van der Waals surface area contributed by atoms with Crippen molar-refractivity contribution in [3.05, 3.63) is 28.8 Å². The number of halogens is 1. The average molecular weight is 284 g/mol. The Morgan fingerprint density at radius 2 is 1.95 bits per heavy atom. The predicted octanol–water partition coefficient (Wildman–Crippen LogP) is 4.65. The zero-order valence-corrected chi connectivity index (χ0v) is 13.3. The molecule has 0 saturated carbocycles. The van der Waals surface area contributed by atoms with Crippen molar-refractivity contribution in [3.63, 3.8) is 0 Å². The summed E-state index contributed by atoms with van der Waals surface area (Å²) in [5.41, 5.74) is 1.13. The zero-order valence-electron chi connectivity index (χ0n) is 12.5. The fourth-order valence-corrected chi connectivity index (χ4v) is 2.01. The van der Waals surface area contributed by atoms with Crippen molar-refractivity contribution in [2.45, 2.75) is 53.1 Å². The number of benzene rings is 1. The van der Waals surface area contributed by atoms with Gasteiger partial charge in [0, 0.05) is 23.2 Å². The quantitative estimate of drug-likeness (QED) is 0.701. The molecule has 0 aliphatic rings. The molecule has 2 nitrogen and oxygen atoms in total. The molecular formula is C16H26ClNO. The van der Waals surface area contributed by atoms with Crippen LogP contribution >= 0.6 is 11.6 Å². The molecular weight excluding hydrogens is 258 g/mol. The van der Waals surface area contributed by atoms with Gasteiger partial charge in [0.25, 0.3) is 0 Å². The fourth-order valence-electron chi connectivity index (χ4n) is 1.81. The first kappa shape index (κ1) is 16.3. The molecule has 1 aromatic rings. The van der Waals surface area contributed by atoms with Gasteiger partial charge in [-0.05, 0) is 37.0 Å². The second kappa shape index (κ2) is 8.44. The molecule has 1 aromatic carbocycles. The van der Waals surface area contributed by atoms with Crippen LogP contribution in [0.3, 0.4) is 0 Å². The molecule has 0 heterocycles. The highest BCUT2D eigenvalue weighted by Gasteiger charge is 2.06. The summed E-state index contributed by atoms with van der Waals surface area (Å²) in [6, 6.07) is 6.29. The largest absolute Gasteiger partial charge is 0.493 e. The topological polar surface area (TPSA) is 21.3 Å². The summed E-state index contributed by atoms with van der Waals surface area (Å²) in [7, 11) is 0. The zero-order chi connectivity index (χ0) is 14.3. The summed E-state index contributed by atoms with van der Waals surface area (Å²) in [6.07, 6.45) is 2.30. The molecule has 0 aliphatic carbocycles. The minimum atomic E-state index is 0.452. The van der Waals surface area contributed by atoms with E-state index in [0.717, 1.165) is 41.8 Å². The Morgan fingerprint density at radius 1 is 1.21 bits per heavy atom. The highest BCUT2D eigenvalue weighted by Crippen LogP contribution is 2.23. The Hall–Kier alpha value is -0.730. The molecule has 1 rings (SSSR count). The lowest BCUT2D eigenvalue weighted by Gasteiger charge is -2.14. The molecule has 3 heteroatoms. The number of rotatable bonds is 8. The minimum Gasteiger partial charge on any atom is -0.493 e. The second-order valence-corrected chi connectivity index (χ2v) is 6.11. The van der Waals surface area contributed by atoms with Gasteiger partial charge in [0.15, 0.2) is 0 Å². The molecule has 19 heavy (non-hydrogen) atoms. The van der Waals surface area contributed by atoms with Gasteiger partial charge in [-0.25, -0.2) is 0 Å². The van der Waals surface area contributed by atoms with E-state index in [1.54, 1.807) is 0 Å². The van der Waals surface area contributed by atoms with Gasteiger partial charge in [-0.3, -0.25) is 0 Å². The molecule has 0 atom stereocenters. The Labute approximate surface area is 122 Å². The maximum Gasteiger partial charge on any atom is 0.123 e. The SMILES string of the molecule is CC(C)CCCOc1ccc(Cl)cc1CNC(C)C. The Bertz CT molecular complexity index is 377. The maximum absolute atomic E-state index is 6.05. The lowest BCUT2D eigenvalue weighted by atomic mass is 10.1. The summed E-state index contributed by atoms with van der Waals surface area (Å²) in [4.78, 5) is 0. The average Bonchev–Trinajstić information content (AvgIpc) is 2.33. The van der Waals surface area contributed by atoms with Crippen LogP contribution in [0.2, 0.25) is 5.02 Å². The Balaban J connectivity index is 2.55. The smallest absolute Gasteiger partial charge is 0.123 e. The summed E-state index contributed by atoms with van der Waals surface area (Å²) >= 11 is 6.05. The third-order valence-electron chi connectivity index (χ3n) is 2.91. The third-order valence-corrected chi connectivity index (χ3v) is 3.14. The van der Waals surface area contributed by atoms with E-state index >= 15 is 0 Å². The molecule has 0 radical (unpaired) electrons. The lowest BCUT2D eigenvalue weighted by molar-refractivity contribution is 0.294. The van der Waals surface area contributed by atoms with Crippen molar-refractivity contribution >= 4 is 11.6 Å². The van der Waals surface area contributed by atoms with Crippen LogP contribution in [0.5, 0.6) is 5.75 Å². The van der Waals surface area contributed by atoms with Crippen LogP contribution in [0, 0.1) is 5.92 Å². The fraction of sp³-hybridized carbons (Fsp3) is 0.625. The van der Waals surface area contributed by atoms with Crippen molar-refractivity contribution in [2.75, 3.05) is 6.61 Å². The number of hydrogen-bond acceptors (Lipinski definition) is 2. The first-order chi connectivity index (χ1) is 8.99. The number of hydrogen-bond donors (Lipinski definition) is 1. The summed E-state index contributed by atoms with van der Waals surface area (Å²) in [5, 5.41) is 4.16. The number of nitrogens with one attached hydrogen (secondary N) is 1. The molecule has 0 aliphatic heterocycles. The summed E-state index contributed by atoms with van der Waals surface area (Å²) in [5.74, 6) is 1.68. The molecule has 0 bridgehead atoms. The monoisotopic (exact) mass is 283 g/mol. The molecule has 108 valence electrons. The molecule has 1 N–H and O–H groups in total. The van der Waals surface area contributed by atoms with E-state index in [9.17, 15) is 0 Å². The second-order valence-electron chi connectivity index (χ2n) is 5.67. The van der Waals surface area contributed by atoms with Crippen molar-refractivity contribution < 1.29 is 4.74 Å². The highest BCUT2D eigenvalue weighted by molar-refractivity contribution is 6.30. The van der Waals surface area contributed by atoms with E-state index < -0.39 is 0 Å². The van der Waals surface area contributed by atoms with Gasteiger partial charge in [0.05, 0.1) is 6.61 Å². The first-order valence-electron chi connectivity index (χ1n) is 7.13. The van der Waals surface area contributed by atoms with Gasteiger partial charge in [0.1, 0.15) is 5.75 Å². The predicted molar refractivity (Wildman–Crippen MR) is 83.0 cm³/mol. The van der Waals surface area contributed by atoms with Crippen molar-refractivity contribution in [1.82, 2.24) is 5.32 Å². The first-order valence-corrected chi connectivity index (χ1v) is 7.51. The molecule has 0 fully saturated rings. The van der Waals surface area contributed by atoms with E-state index in [1.165, 1.54) is 6.42 Å². The molecule has 0 unspecified atom stereocenters. The third kappa shape index (κ3) is 6.84. The van der Waals surface area contributed by atoms with Gasteiger partial charge in [0.2, 0.25) is 0 Å². The summed E-state index contributed by atoms with van der Waals surface area (Å²) < 4.78 is 5.88. The van der Waals surface area contributed by atoms with Crippen molar-refractivity contribution in [1.29, 1.82) is 0 Å². The van der Waals surface area contributed by atoms with E-state index in [0.29, 0.717) is 6.04 Å². The van der Waals surface area contributed by atoms with E-state index in [4.69, 9.17) is 16.3 Å². The van der Waals surface area contributed by atoms with Gasteiger partial charge in [-0.1, -0.05) is 39.3 Å². The standard InChI is InChI=1S/C16H26ClNO/c1-12(2)6-5-9-19-16-8-7-15(17)10-14(16)11-18-13(3)4/h7-8,10,12-13,18H,5-6,9,11H2,1-4H3. The summed E-state index contributed by atoms with van der Waals surface area (Å²) in [6.45, 7) is 10.3. The van der Waals surface area contributed by atoms with E-state index in [-0.39, 0.29) is 0 Å². The van der Waals surface area contributed by atoms with Gasteiger partial charge in [-0.15, -0.1) is 0 Å². The van der Waals surface area contributed by atoms with Crippen LogP contribution in [-0.4, -0.2) is 12.6 Å². The van der Waals surface area contributed by atoms with Crippen LogP contribution in [0.15, 0.2) is 18.2 Å². The van der Waals surface area contributed by atoms with Crippen LogP contribution in [-0.2, 0) is 6.54 Å². The molecule has 0 amide bonds. The van der Waals surface area contributed by atoms with Crippen LogP contribution in [0.1, 0.15) is 46.1 Å². The Morgan fingerprint density at radius 3 is 2.58 bits per heavy atom. The molecule has 0 aromatic heterocycles. The van der Waals surface area contributed by atoms with Crippen LogP contribution < -0.4 is 10.1 Å². The highest BCUT2D eigenvalue weighted by atomic mass is 35.5. The van der Waals surface area contributed by atoms with Crippen molar-refractivity contribution in [2.24, 2.45) is 5.92 Å².